The summed E-state index contributed by atoms with van der Waals surface area (Å²) in [5, 5.41) is 6.33. The van der Waals surface area contributed by atoms with Gasteiger partial charge in [0.2, 0.25) is 5.91 Å². The Morgan fingerprint density at radius 1 is 0.769 bits per heavy atom. The summed E-state index contributed by atoms with van der Waals surface area (Å²) in [6, 6.07) is 26.4. The van der Waals surface area contributed by atoms with E-state index in [0.717, 1.165) is 16.8 Å². The van der Waals surface area contributed by atoms with Crippen molar-refractivity contribution < 1.29 is 4.79 Å². The van der Waals surface area contributed by atoms with Crippen LogP contribution in [0.25, 0.3) is 0 Å². The number of amides is 1. The van der Waals surface area contributed by atoms with Crippen molar-refractivity contribution in [2.45, 2.75) is 19.9 Å². The SMILES string of the molecule is Cc1ccc(NC(=O)CN[C@H](c2ccccc2)c2ccc(C)cc2)cc1. The third kappa shape index (κ3) is 4.80. The molecule has 0 unspecified atom stereocenters. The van der Waals surface area contributed by atoms with E-state index >= 15 is 0 Å². The molecule has 132 valence electrons. The first-order chi connectivity index (χ1) is 12.6. The quantitative estimate of drug-likeness (QED) is 0.685. The third-order valence-corrected chi connectivity index (χ3v) is 4.35. The minimum atomic E-state index is -0.0538. The van der Waals surface area contributed by atoms with Gasteiger partial charge in [0, 0.05) is 5.69 Å². The van der Waals surface area contributed by atoms with Crippen LogP contribution in [0.15, 0.2) is 78.9 Å². The summed E-state index contributed by atoms with van der Waals surface area (Å²) < 4.78 is 0. The van der Waals surface area contributed by atoms with Crippen LogP contribution in [0.4, 0.5) is 5.69 Å². The second-order valence-electron chi connectivity index (χ2n) is 6.55. The standard InChI is InChI=1S/C23H24N2O/c1-17-8-12-20(13-9-17)23(19-6-4-3-5-7-19)24-16-22(26)25-21-14-10-18(2)11-15-21/h3-15,23-24H,16H2,1-2H3,(H,25,26)/t23-/m1/s1. The van der Waals surface area contributed by atoms with Crippen molar-refractivity contribution in [1.82, 2.24) is 5.32 Å². The smallest absolute Gasteiger partial charge is 0.238 e. The van der Waals surface area contributed by atoms with Crippen LogP contribution in [0.2, 0.25) is 0 Å². The summed E-state index contributed by atoms with van der Waals surface area (Å²) in [5.74, 6) is -0.0538. The summed E-state index contributed by atoms with van der Waals surface area (Å²) >= 11 is 0. The van der Waals surface area contributed by atoms with Crippen molar-refractivity contribution in [3.8, 4) is 0 Å². The molecule has 3 rings (SSSR count). The predicted octanol–water partition coefficient (Wildman–Crippen LogP) is 4.62. The molecule has 0 bridgehead atoms. The molecule has 1 amide bonds. The van der Waals surface area contributed by atoms with Crippen LogP contribution in [-0.2, 0) is 4.79 Å². The summed E-state index contributed by atoms with van der Waals surface area (Å²) in [5.41, 5.74) is 5.49. The van der Waals surface area contributed by atoms with E-state index in [2.05, 4.69) is 54.0 Å². The molecule has 0 aliphatic carbocycles. The van der Waals surface area contributed by atoms with Gasteiger partial charge in [0.25, 0.3) is 0 Å². The van der Waals surface area contributed by atoms with Crippen LogP contribution < -0.4 is 10.6 Å². The Kier molecular flexibility index (Phi) is 5.82. The van der Waals surface area contributed by atoms with E-state index in [-0.39, 0.29) is 18.5 Å². The molecule has 0 saturated carbocycles. The minimum absolute atomic E-state index is 0.0273. The van der Waals surface area contributed by atoms with E-state index in [1.54, 1.807) is 0 Å². The van der Waals surface area contributed by atoms with E-state index in [1.165, 1.54) is 11.1 Å². The number of nitrogens with one attached hydrogen (secondary N) is 2. The number of benzene rings is 3. The molecule has 3 heteroatoms. The molecule has 26 heavy (non-hydrogen) atoms. The lowest BCUT2D eigenvalue weighted by Crippen LogP contribution is -2.31. The first kappa shape index (κ1) is 17.9. The van der Waals surface area contributed by atoms with Crippen molar-refractivity contribution in [2.75, 3.05) is 11.9 Å². The Hall–Kier alpha value is -2.91. The molecular formula is C23H24N2O. The van der Waals surface area contributed by atoms with Crippen LogP contribution in [0.3, 0.4) is 0 Å². The topological polar surface area (TPSA) is 41.1 Å². The highest BCUT2D eigenvalue weighted by molar-refractivity contribution is 5.92. The maximum Gasteiger partial charge on any atom is 0.238 e. The largest absolute Gasteiger partial charge is 0.325 e. The second-order valence-corrected chi connectivity index (χ2v) is 6.55. The van der Waals surface area contributed by atoms with Crippen LogP contribution in [0.5, 0.6) is 0 Å². The van der Waals surface area contributed by atoms with Crippen molar-refractivity contribution in [3.05, 3.63) is 101 Å². The molecule has 3 nitrogen and oxygen atoms in total. The molecule has 0 aromatic heterocycles. The van der Waals surface area contributed by atoms with Gasteiger partial charge in [-0.05, 0) is 37.1 Å². The van der Waals surface area contributed by atoms with Gasteiger partial charge in [-0.1, -0.05) is 77.9 Å². The molecule has 0 aliphatic rings. The van der Waals surface area contributed by atoms with Crippen molar-refractivity contribution in [3.63, 3.8) is 0 Å². The predicted molar refractivity (Wildman–Crippen MR) is 107 cm³/mol. The van der Waals surface area contributed by atoms with E-state index in [0.29, 0.717) is 0 Å². The first-order valence-electron chi connectivity index (χ1n) is 8.83. The second kappa shape index (κ2) is 8.45. The molecular weight excluding hydrogens is 320 g/mol. The number of hydrogen-bond acceptors (Lipinski definition) is 2. The number of aryl methyl sites for hydroxylation is 2. The van der Waals surface area contributed by atoms with Gasteiger partial charge in [0.1, 0.15) is 0 Å². The fourth-order valence-corrected chi connectivity index (χ4v) is 2.87. The van der Waals surface area contributed by atoms with Crippen molar-refractivity contribution >= 4 is 11.6 Å². The molecule has 0 aliphatic heterocycles. The van der Waals surface area contributed by atoms with Gasteiger partial charge in [-0.15, -0.1) is 0 Å². The van der Waals surface area contributed by atoms with Crippen molar-refractivity contribution in [1.29, 1.82) is 0 Å². The van der Waals surface area contributed by atoms with Crippen LogP contribution in [0, 0.1) is 13.8 Å². The van der Waals surface area contributed by atoms with Crippen molar-refractivity contribution in [2.24, 2.45) is 0 Å². The summed E-state index contributed by atoms with van der Waals surface area (Å²) in [4.78, 5) is 12.3. The molecule has 1 atom stereocenters. The highest BCUT2D eigenvalue weighted by atomic mass is 16.1. The lowest BCUT2D eigenvalue weighted by Gasteiger charge is -2.20. The highest BCUT2D eigenvalue weighted by Gasteiger charge is 2.15. The Balaban J connectivity index is 1.70. The number of rotatable bonds is 6. The molecule has 2 N–H and O–H groups in total. The zero-order chi connectivity index (χ0) is 18.4. The van der Waals surface area contributed by atoms with Gasteiger partial charge in [0.15, 0.2) is 0 Å². The first-order valence-corrected chi connectivity index (χ1v) is 8.83. The molecule has 0 saturated heterocycles. The van der Waals surface area contributed by atoms with Gasteiger partial charge in [-0.2, -0.15) is 0 Å². The minimum Gasteiger partial charge on any atom is -0.325 e. The number of hydrogen-bond donors (Lipinski definition) is 2. The van der Waals surface area contributed by atoms with Gasteiger partial charge in [0.05, 0.1) is 12.6 Å². The van der Waals surface area contributed by atoms with E-state index in [4.69, 9.17) is 0 Å². The monoisotopic (exact) mass is 344 g/mol. The average Bonchev–Trinajstić information content (AvgIpc) is 2.66. The highest BCUT2D eigenvalue weighted by Crippen LogP contribution is 2.22. The van der Waals surface area contributed by atoms with E-state index in [9.17, 15) is 4.79 Å². The molecule has 3 aromatic carbocycles. The molecule has 0 radical (unpaired) electrons. The van der Waals surface area contributed by atoms with Gasteiger partial charge in [-0.3, -0.25) is 10.1 Å². The van der Waals surface area contributed by atoms with E-state index < -0.39 is 0 Å². The third-order valence-electron chi connectivity index (χ3n) is 4.35. The number of carbonyl (C=O) groups is 1. The zero-order valence-electron chi connectivity index (χ0n) is 15.2. The maximum atomic E-state index is 12.3. The van der Waals surface area contributed by atoms with Gasteiger partial charge >= 0.3 is 0 Å². The number of anilines is 1. The molecule has 0 spiro atoms. The van der Waals surface area contributed by atoms with Gasteiger partial charge < -0.3 is 5.32 Å². The Labute approximate surface area is 155 Å². The Morgan fingerprint density at radius 2 is 1.31 bits per heavy atom. The molecule has 3 aromatic rings. The fourth-order valence-electron chi connectivity index (χ4n) is 2.87. The maximum absolute atomic E-state index is 12.3. The lowest BCUT2D eigenvalue weighted by atomic mass is 9.98. The Morgan fingerprint density at radius 3 is 1.92 bits per heavy atom. The summed E-state index contributed by atoms with van der Waals surface area (Å²) in [6.07, 6.45) is 0. The van der Waals surface area contributed by atoms with Crippen LogP contribution in [0.1, 0.15) is 28.3 Å². The van der Waals surface area contributed by atoms with Crippen LogP contribution >= 0.6 is 0 Å². The normalized spacial score (nSPS) is 11.8. The fraction of sp³-hybridized carbons (Fsp3) is 0.174. The van der Waals surface area contributed by atoms with Gasteiger partial charge in [-0.25, -0.2) is 0 Å². The summed E-state index contributed by atoms with van der Waals surface area (Å²) in [7, 11) is 0. The number of carbonyl (C=O) groups excluding carboxylic acids is 1. The average molecular weight is 344 g/mol. The zero-order valence-corrected chi connectivity index (χ0v) is 15.2. The van der Waals surface area contributed by atoms with Crippen LogP contribution in [-0.4, -0.2) is 12.5 Å². The molecule has 0 fully saturated rings. The summed E-state index contributed by atoms with van der Waals surface area (Å²) in [6.45, 7) is 4.34. The lowest BCUT2D eigenvalue weighted by molar-refractivity contribution is -0.115. The molecule has 0 heterocycles. The van der Waals surface area contributed by atoms with E-state index in [1.807, 2.05) is 49.4 Å². The Bertz CT molecular complexity index is 840.